The summed E-state index contributed by atoms with van der Waals surface area (Å²) in [4.78, 5) is 0. The van der Waals surface area contributed by atoms with Crippen molar-refractivity contribution in [3.63, 3.8) is 0 Å². The van der Waals surface area contributed by atoms with Gasteiger partial charge in [0.25, 0.3) is 0 Å². The lowest BCUT2D eigenvalue weighted by atomic mass is 10.1. The highest BCUT2D eigenvalue weighted by Crippen LogP contribution is 2.21. The lowest BCUT2D eigenvalue weighted by Crippen LogP contribution is -1.94. The summed E-state index contributed by atoms with van der Waals surface area (Å²) in [6.07, 6.45) is 0. The van der Waals surface area contributed by atoms with E-state index >= 15 is 0 Å². The number of hydrogen-bond acceptors (Lipinski definition) is 2. The highest BCUT2D eigenvalue weighted by Gasteiger charge is 2.07. The molecule has 0 radical (unpaired) electrons. The molecule has 0 atom stereocenters. The van der Waals surface area contributed by atoms with Gasteiger partial charge in [0.05, 0.1) is 0 Å². The molecule has 3 nitrogen and oxygen atoms in total. The van der Waals surface area contributed by atoms with E-state index in [0.717, 1.165) is 11.4 Å². The van der Waals surface area contributed by atoms with E-state index in [1.54, 1.807) is 0 Å². The van der Waals surface area contributed by atoms with Gasteiger partial charge in [-0.3, -0.25) is 5.10 Å². The summed E-state index contributed by atoms with van der Waals surface area (Å²) in [6.45, 7) is 8.17. The Balaban J connectivity index is 0.000000686. The zero-order valence-electron chi connectivity index (χ0n) is 11.0. The fourth-order valence-electron chi connectivity index (χ4n) is 1.65. The molecule has 4 heteroatoms. The van der Waals surface area contributed by atoms with E-state index in [4.69, 9.17) is 12.2 Å². The maximum absolute atomic E-state index is 5.09. The molecule has 0 fully saturated rings. The first-order chi connectivity index (χ1) is 8.09. The molecule has 0 unspecified atom stereocenters. The lowest BCUT2D eigenvalue weighted by molar-refractivity contribution is 0.901. The quantitative estimate of drug-likeness (QED) is 0.780. The molecule has 2 rings (SSSR count). The van der Waals surface area contributed by atoms with Crippen LogP contribution in [0, 0.1) is 18.6 Å². The first-order valence-electron chi connectivity index (χ1n) is 5.78. The molecule has 0 aliphatic carbocycles. The maximum atomic E-state index is 5.09. The Kier molecular flexibility index (Phi) is 4.63. The van der Waals surface area contributed by atoms with Crippen molar-refractivity contribution in [1.82, 2.24) is 14.8 Å². The molecule has 0 aliphatic heterocycles. The molecular formula is C13H19N3S. The minimum Gasteiger partial charge on any atom is -0.303 e. The summed E-state index contributed by atoms with van der Waals surface area (Å²) in [5.74, 6) is 0.887. The number of nitrogens with one attached hydrogen (secondary N) is 1. The molecule has 1 aromatic carbocycles. The van der Waals surface area contributed by atoms with E-state index in [9.17, 15) is 0 Å². The van der Waals surface area contributed by atoms with Crippen LogP contribution in [0.5, 0.6) is 0 Å². The predicted molar refractivity (Wildman–Crippen MR) is 74.7 cm³/mol. The molecule has 2 aromatic rings. The average Bonchev–Trinajstić information content (AvgIpc) is 2.63. The summed E-state index contributed by atoms with van der Waals surface area (Å²) in [5, 5.41) is 7.01. The van der Waals surface area contributed by atoms with E-state index in [1.165, 1.54) is 11.1 Å². The highest BCUT2D eigenvalue weighted by atomic mass is 32.1. The third-order valence-corrected chi connectivity index (χ3v) is 2.87. The molecule has 0 saturated heterocycles. The van der Waals surface area contributed by atoms with Crippen LogP contribution in [-0.4, -0.2) is 14.8 Å². The number of nitrogens with zero attached hydrogens (tertiary/aromatic N) is 2. The van der Waals surface area contributed by atoms with Crippen LogP contribution in [0.15, 0.2) is 18.2 Å². The maximum Gasteiger partial charge on any atom is 0.195 e. The zero-order chi connectivity index (χ0) is 13.0. The van der Waals surface area contributed by atoms with Crippen LogP contribution in [0.25, 0.3) is 11.4 Å². The van der Waals surface area contributed by atoms with E-state index in [2.05, 4.69) is 42.2 Å². The molecule has 92 valence electrons. The molecule has 1 N–H and O–H groups in total. The molecular weight excluding hydrogens is 230 g/mol. The summed E-state index contributed by atoms with van der Waals surface area (Å²) >= 11 is 5.09. The third kappa shape index (κ3) is 2.82. The van der Waals surface area contributed by atoms with E-state index in [0.29, 0.717) is 4.77 Å². The van der Waals surface area contributed by atoms with Crippen LogP contribution in [0.3, 0.4) is 0 Å². The Morgan fingerprint density at radius 2 is 1.88 bits per heavy atom. The molecule has 0 spiro atoms. The molecule has 0 bridgehead atoms. The first-order valence-corrected chi connectivity index (χ1v) is 6.19. The van der Waals surface area contributed by atoms with Crippen LogP contribution in [0.1, 0.15) is 25.0 Å². The summed E-state index contributed by atoms with van der Waals surface area (Å²) in [7, 11) is 1.92. The fourth-order valence-corrected chi connectivity index (χ4v) is 1.78. The smallest absolute Gasteiger partial charge is 0.195 e. The van der Waals surface area contributed by atoms with Gasteiger partial charge >= 0.3 is 0 Å². The number of aromatic amines is 1. The Bertz CT molecular complexity index is 552. The van der Waals surface area contributed by atoms with Gasteiger partial charge in [-0.05, 0) is 31.6 Å². The second-order valence-electron chi connectivity index (χ2n) is 3.73. The monoisotopic (exact) mass is 249 g/mol. The van der Waals surface area contributed by atoms with Gasteiger partial charge in [-0.1, -0.05) is 37.6 Å². The number of H-pyrrole nitrogens is 1. The van der Waals surface area contributed by atoms with Gasteiger partial charge in [-0.15, -0.1) is 0 Å². The Morgan fingerprint density at radius 3 is 2.35 bits per heavy atom. The second kappa shape index (κ2) is 5.77. The van der Waals surface area contributed by atoms with E-state index in [-0.39, 0.29) is 0 Å². The van der Waals surface area contributed by atoms with Gasteiger partial charge in [0.2, 0.25) is 0 Å². The topological polar surface area (TPSA) is 33.6 Å². The third-order valence-electron chi connectivity index (χ3n) is 2.50. The first kappa shape index (κ1) is 13.6. The van der Waals surface area contributed by atoms with Crippen LogP contribution in [-0.2, 0) is 7.05 Å². The number of benzene rings is 1. The van der Waals surface area contributed by atoms with Crippen molar-refractivity contribution in [3.05, 3.63) is 34.1 Å². The molecule has 1 aromatic heterocycles. The highest BCUT2D eigenvalue weighted by molar-refractivity contribution is 7.71. The van der Waals surface area contributed by atoms with Crippen molar-refractivity contribution in [3.8, 4) is 11.4 Å². The van der Waals surface area contributed by atoms with Crippen LogP contribution >= 0.6 is 12.2 Å². The number of aromatic nitrogens is 3. The van der Waals surface area contributed by atoms with Crippen molar-refractivity contribution in [1.29, 1.82) is 0 Å². The van der Waals surface area contributed by atoms with Crippen molar-refractivity contribution >= 4 is 12.2 Å². The summed E-state index contributed by atoms with van der Waals surface area (Å²) < 4.78 is 2.53. The van der Waals surface area contributed by atoms with Crippen molar-refractivity contribution in [2.24, 2.45) is 7.05 Å². The van der Waals surface area contributed by atoms with Gasteiger partial charge in [-0.25, -0.2) is 0 Å². The van der Waals surface area contributed by atoms with E-state index < -0.39 is 0 Å². The number of aryl methyl sites for hydroxylation is 2. The standard InChI is InChI=1S/C11H13N3S.C2H6/c1-7-4-5-9(8(2)6-7)10-12-13-11(15)14(10)3;1-2/h4-6H,1-3H3,(H,13,15);1-2H3. The second-order valence-corrected chi connectivity index (χ2v) is 4.12. The molecule has 0 aliphatic rings. The SMILES string of the molecule is CC.Cc1ccc(-c2n[nH]c(=S)n2C)c(C)c1. The summed E-state index contributed by atoms with van der Waals surface area (Å²) in [6, 6.07) is 6.31. The number of hydrogen-bond donors (Lipinski definition) is 1. The van der Waals surface area contributed by atoms with Crippen LogP contribution < -0.4 is 0 Å². The van der Waals surface area contributed by atoms with Gasteiger partial charge < -0.3 is 4.57 Å². The predicted octanol–water partition coefficient (Wildman–Crippen LogP) is 3.79. The Labute approximate surface area is 108 Å². The minimum absolute atomic E-state index is 0.643. The van der Waals surface area contributed by atoms with Crippen molar-refractivity contribution in [2.45, 2.75) is 27.7 Å². The van der Waals surface area contributed by atoms with Gasteiger partial charge in [0, 0.05) is 12.6 Å². The molecule has 1 heterocycles. The molecule has 0 saturated carbocycles. The zero-order valence-corrected chi connectivity index (χ0v) is 11.9. The van der Waals surface area contributed by atoms with Crippen LogP contribution in [0.4, 0.5) is 0 Å². The van der Waals surface area contributed by atoms with Gasteiger partial charge in [-0.2, -0.15) is 5.10 Å². The fraction of sp³-hybridized carbons (Fsp3) is 0.385. The summed E-state index contributed by atoms with van der Waals surface area (Å²) in [5.41, 5.74) is 3.59. The average molecular weight is 249 g/mol. The molecule has 17 heavy (non-hydrogen) atoms. The number of rotatable bonds is 1. The Hall–Kier alpha value is -1.42. The minimum atomic E-state index is 0.643. The van der Waals surface area contributed by atoms with Gasteiger partial charge in [0.1, 0.15) is 0 Å². The Morgan fingerprint density at radius 1 is 1.24 bits per heavy atom. The van der Waals surface area contributed by atoms with Gasteiger partial charge in [0.15, 0.2) is 10.6 Å². The van der Waals surface area contributed by atoms with Crippen molar-refractivity contribution < 1.29 is 0 Å². The van der Waals surface area contributed by atoms with Crippen LogP contribution in [0.2, 0.25) is 0 Å². The van der Waals surface area contributed by atoms with E-state index in [1.807, 2.05) is 25.5 Å². The van der Waals surface area contributed by atoms with Crippen molar-refractivity contribution in [2.75, 3.05) is 0 Å². The largest absolute Gasteiger partial charge is 0.303 e. The lowest BCUT2D eigenvalue weighted by Gasteiger charge is -2.05. The normalized spacial score (nSPS) is 9.71. The molecule has 0 amide bonds.